The number of ketones is 1. The molecule has 0 atom stereocenters. The van der Waals surface area contributed by atoms with Gasteiger partial charge in [0.1, 0.15) is 12.5 Å². The van der Waals surface area contributed by atoms with Crippen LogP contribution in [0.15, 0.2) is 0 Å². The summed E-state index contributed by atoms with van der Waals surface area (Å²) in [5.74, 6) is 0.0989. The minimum absolute atomic E-state index is 0.0677. The molecule has 0 spiro atoms. The Balaban J connectivity index is 0. The maximum atomic E-state index is 10.0. The topological polar surface area (TPSA) is 55.4 Å². The highest BCUT2D eigenvalue weighted by molar-refractivity contribution is 5.72. The molecule has 0 saturated heterocycles. The highest BCUT2D eigenvalue weighted by Crippen LogP contribution is 1.59. The molecule has 66 valence electrons. The maximum absolute atomic E-state index is 10.0. The fraction of sp³-hybridized carbons (Fsp3) is 0.714. The van der Waals surface area contributed by atoms with Gasteiger partial charge in [0, 0.05) is 14.0 Å². The van der Waals surface area contributed by atoms with Crippen molar-refractivity contribution in [1.82, 2.24) is 5.32 Å². The number of amides is 1. The smallest absolute Gasteiger partial charge is 0.218 e. The van der Waals surface area contributed by atoms with Crippen LogP contribution in [0.25, 0.3) is 0 Å². The summed E-state index contributed by atoms with van der Waals surface area (Å²) in [5, 5.41) is 2.43. The fourth-order valence-electron chi connectivity index (χ4n) is 0.174. The van der Waals surface area contributed by atoms with E-state index in [0.717, 1.165) is 0 Å². The van der Waals surface area contributed by atoms with E-state index < -0.39 is 0 Å². The predicted octanol–water partition coefficient (Wildman–Crippen LogP) is 0.322. The van der Waals surface area contributed by atoms with Crippen molar-refractivity contribution in [3.63, 3.8) is 0 Å². The van der Waals surface area contributed by atoms with Crippen LogP contribution in [0.1, 0.15) is 20.8 Å². The number of methoxy groups -OCH3 is 1. The van der Waals surface area contributed by atoms with Gasteiger partial charge in [0.2, 0.25) is 5.91 Å². The zero-order valence-electron chi connectivity index (χ0n) is 7.43. The third kappa shape index (κ3) is 47.7. The number of carbonyl (C=O) groups excluding carboxylic acids is 2. The van der Waals surface area contributed by atoms with Gasteiger partial charge in [-0.1, -0.05) is 0 Å². The molecule has 0 rings (SSSR count). The van der Waals surface area contributed by atoms with Gasteiger partial charge in [-0.05, 0) is 13.8 Å². The molecular weight excluding hydrogens is 146 g/mol. The predicted molar refractivity (Wildman–Crippen MR) is 42.0 cm³/mol. The third-order valence-electron chi connectivity index (χ3n) is 0.465. The Morgan fingerprint density at radius 3 is 1.73 bits per heavy atom. The molecule has 0 bridgehead atoms. The Kier molecular flexibility index (Phi) is 10.5. The van der Waals surface area contributed by atoms with Gasteiger partial charge in [-0.25, -0.2) is 0 Å². The summed E-state index contributed by atoms with van der Waals surface area (Å²) < 4.78 is 4.52. The van der Waals surface area contributed by atoms with E-state index in [-0.39, 0.29) is 11.7 Å². The summed E-state index contributed by atoms with van der Waals surface area (Å²) in [6.07, 6.45) is 0. The van der Waals surface area contributed by atoms with Crippen LogP contribution in [0, 0.1) is 0 Å². The highest BCUT2D eigenvalue weighted by atomic mass is 16.5. The Morgan fingerprint density at radius 1 is 1.27 bits per heavy atom. The summed E-state index contributed by atoms with van der Waals surface area (Å²) in [4.78, 5) is 19.5. The van der Waals surface area contributed by atoms with Crippen LogP contribution in [0.3, 0.4) is 0 Å². The zero-order valence-corrected chi connectivity index (χ0v) is 7.43. The largest absolute Gasteiger partial charge is 0.364 e. The van der Waals surface area contributed by atoms with Gasteiger partial charge in [0.05, 0.1) is 0 Å². The van der Waals surface area contributed by atoms with Crippen LogP contribution >= 0.6 is 0 Å². The molecule has 0 aliphatic rings. The van der Waals surface area contributed by atoms with E-state index in [0.29, 0.717) is 6.73 Å². The molecule has 11 heavy (non-hydrogen) atoms. The maximum Gasteiger partial charge on any atom is 0.218 e. The Hall–Kier alpha value is -0.900. The third-order valence-corrected chi connectivity index (χ3v) is 0.465. The molecule has 0 unspecified atom stereocenters. The van der Waals surface area contributed by atoms with E-state index in [2.05, 4.69) is 10.1 Å². The number of hydrogen-bond acceptors (Lipinski definition) is 3. The minimum Gasteiger partial charge on any atom is -0.364 e. The van der Waals surface area contributed by atoms with E-state index in [1.54, 1.807) is 0 Å². The number of hydrogen-bond donors (Lipinski definition) is 1. The normalized spacial score (nSPS) is 7.64. The van der Waals surface area contributed by atoms with Gasteiger partial charge in [-0.15, -0.1) is 0 Å². The van der Waals surface area contributed by atoms with E-state index >= 15 is 0 Å². The summed E-state index contributed by atoms with van der Waals surface area (Å²) in [6, 6.07) is 0. The molecule has 4 heteroatoms. The molecule has 4 nitrogen and oxygen atoms in total. The summed E-state index contributed by atoms with van der Waals surface area (Å²) >= 11 is 0. The first kappa shape index (κ1) is 12.7. The van der Waals surface area contributed by atoms with Crippen molar-refractivity contribution in [2.45, 2.75) is 20.8 Å². The molecule has 1 amide bonds. The number of nitrogens with one attached hydrogen (secondary N) is 1. The number of Topliss-reactive ketones (excluding diaryl/α,β-unsaturated/α-hetero) is 1. The molecule has 0 aromatic carbocycles. The highest BCUT2D eigenvalue weighted by Gasteiger charge is 1.82. The van der Waals surface area contributed by atoms with Gasteiger partial charge in [-0.2, -0.15) is 0 Å². The quantitative estimate of drug-likeness (QED) is 0.593. The van der Waals surface area contributed by atoms with Crippen LogP contribution in [-0.2, 0) is 14.3 Å². The van der Waals surface area contributed by atoms with E-state index in [9.17, 15) is 9.59 Å². The van der Waals surface area contributed by atoms with Crippen LogP contribution < -0.4 is 5.32 Å². The van der Waals surface area contributed by atoms with Crippen molar-refractivity contribution in [2.75, 3.05) is 13.8 Å². The Morgan fingerprint density at radius 2 is 1.64 bits per heavy atom. The number of carbonyl (C=O) groups is 2. The van der Waals surface area contributed by atoms with Crippen LogP contribution in [0.5, 0.6) is 0 Å². The monoisotopic (exact) mass is 161 g/mol. The van der Waals surface area contributed by atoms with Crippen molar-refractivity contribution >= 4 is 11.7 Å². The lowest BCUT2D eigenvalue weighted by molar-refractivity contribution is -0.120. The molecule has 0 aliphatic heterocycles. The van der Waals surface area contributed by atoms with E-state index in [4.69, 9.17) is 0 Å². The van der Waals surface area contributed by atoms with E-state index in [1.165, 1.54) is 27.9 Å². The van der Waals surface area contributed by atoms with Crippen molar-refractivity contribution < 1.29 is 14.3 Å². The first-order chi connectivity index (χ1) is 5.00. The Bertz CT molecular complexity index is 119. The molecule has 0 radical (unpaired) electrons. The Labute approximate surface area is 66.9 Å². The number of rotatable bonds is 2. The molecule has 0 aliphatic carbocycles. The minimum atomic E-state index is -0.0677. The molecule has 0 fully saturated rings. The molecule has 0 saturated carbocycles. The standard InChI is InChI=1S/C4H9NO2.C3H6O/c1-4(6)5-3-7-2;1-3(2)4/h3H2,1-2H3,(H,5,6);1-2H3. The molecule has 1 N–H and O–H groups in total. The van der Waals surface area contributed by atoms with Gasteiger partial charge in [-0.3, -0.25) is 4.79 Å². The van der Waals surface area contributed by atoms with Gasteiger partial charge in [0.25, 0.3) is 0 Å². The molecule has 0 aromatic rings. The van der Waals surface area contributed by atoms with Gasteiger partial charge in [0.15, 0.2) is 0 Å². The molecule has 0 heterocycles. The second-order valence-corrected chi connectivity index (χ2v) is 2.07. The fourth-order valence-corrected chi connectivity index (χ4v) is 0.174. The zero-order chi connectivity index (χ0) is 9.28. The van der Waals surface area contributed by atoms with Crippen molar-refractivity contribution in [1.29, 1.82) is 0 Å². The van der Waals surface area contributed by atoms with Crippen molar-refractivity contribution in [3.05, 3.63) is 0 Å². The molecular formula is C7H15NO3. The summed E-state index contributed by atoms with van der Waals surface area (Å²) in [7, 11) is 1.52. The van der Waals surface area contributed by atoms with Crippen molar-refractivity contribution in [3.8, 4) is 0 Å². The first-order valence-corrected chi connectivity index (χ1v) is 3.21. The van der Waals surface area contributed by atoms with Crippen LogP contribution in [-0.4, -0.2) is 25.5 Å². The SMILES string of the molecule is CC(C)=O.COCNC(C)=O. The average Bonchev–Trinajstić information content (AvgIpc) is 1.82. The molecule has 0 aromatic heterocycles. The van der Waals surface area contributed by atoms with Crippen molar-refractivity contribution in [2.24, 2.45) is 0 Å². The van der Waals surface area contributed by atoms with Gasteiger partial charge >= 0.3 is 0 Å². The lowest BCUT2D eigenvalue weighted by Gasteiger charge is -1.95. The van der Waals surface area contributed by atoms with Gasteiger partial charge < -0.3 is 14.8 Å². The van der Waals surface area contributed by atoms with Crippen LogP contribution in [0.2, 0.25) is 0 Å². The average molecular weight is 161 g/mol. The lowest BCUT2D eigenvalue weighted by atomic mass is 10.6. The first-order valence-electron chi connectivity index (χ1n) is 3.21. The van der Waals surface area contributed by atoms with Crippen LogP contribution in [0.4, 0.5) is 0 Å². The summed E-state index contributed by atoms with van der Waals surface area (Å²) in [6.45, 7) is 4.80. The lowest BCUT2D eigenvalue weighted by Crippen LogP contribution is -2.21. The summed E-state index contributed by atoms with van der Waals surface area (Å²) in [5.41, 5.74) is 0. The second-order valence-electron chi connectivity index (χ2n) is 2.07. The van der Waals surface area contributed by atoms with E-state index in [1.807, 2.05) is 0 Å². The number of ether oxygens (including phenoxy) is 1. The second kappa shape index (κ2) is 9.10.